The van der Waals surface area contributed by atoms with Gasteiger partial charge < -0.3 is 15.5 Å². The molecule has 0 radical (unpaired) electrons. The van der Waals surface area contributed by atoms with Gasteiger partial charge in [-0.05, 0) is 35.7 Å². The average Bonchev–Trinajstić information content (AvgIpc) is 2.83. The van der Waals surface area contributed by atoms with E-state index in [0.29, 0.717) is 12.1 Å². The summed E-state index contributed by atoms with van der Waals surface area (Å²) in [5.74, 6) is -0.278. The predicted octanol–water partition coefficient (Wildman–Crippen LogP) is 2.54. The molecule has 1 aromatic heterocycles. The van der Waals surface area contributed by atoms with E-state index in [1.54, 1.807) is 12.1 Å². The maximum Gasteiger partial charge on any atom is 0.123 e. The molecule has 0 bridgehead atoms. The molecule has 0 unspecified atom stereocenters. The Balaban J connectivity index is 2.03. The van der Waals surface area contributed by atoms with Crippen molar-refractivity contribution in [1.29, 1.82) is 0 Å². The molecule has 122 valence electrons. The third-order valence-electron chi connectivity index (χ3n) is 4.29. The van der Waals surface area contributed by atoms with Crippen LogP contribution in [0.25, 0.3) is 0 Å². The first-order valence-electron chi connectivity index (χ1n) is 7.72. The molecule has 1 aliphatic heterocycles. The van der Waals surface area contributed by atoms with Crippen molar-refractivity contribution in [2.45, 2.75) is 31.8 Å². The van der Waals surface area contributed by atoms with Crippen molar-refractivity contribution in [1.82, 2.24) is 4.98 Å². The highest BCUT2D eigenvalue weighted by Gasteiger charge is 2.33. The fourth-order valence-electron chi connectivity index (χ4n) is 2.96. The first kappa shape index (κ1) is 15.9. The monoisotopic (exact) mass is 316 g/mol. The second-order valence-electron chi connectivity index (χ2n) is 6.67. The summed E-state index contributed by atoms with van der Waals surface area (Å²) in [6.07, 6.45) is -0.498. The van der Waals surface area contributed by atoms with Crippen LogP contribution < -0.4 is 5.32 Å². The molecule has 1 atom stereocenters. The standard InChI is InChI=1S/C18H21FN2O2/c1-18(2)10-20-14-8-12(7-11-3-5-13(19)6-4-11)16(15(23)9-22)21-17(14)18/h3-6,8,15,20,22-23H,7,9-10H2,1-2H3/t15-/m0/s1. The number of fused-ring (bicyclic) bond motifs is 1. The van der Waals surface area contributed by atoms with E-state index in [4.69, 9.17) is 0 Å². The number of aromatic nitrogens is 1. The number of aliphatic hydroxyl groups is 2. The maximum atomic E-state index is 13.1. The first-order chi connectivity index (χ1) is 10.9. The Morgan fingerprint density at radius 1 is 1.30 bits per heavy atom. The van der Waals surface area contributed by atoms with Gasteiger partial charge in [0.15, 0.2) is 0 Å². The fourth-order valence-corrected chi connectivity index (χ4v) is 2.96. The quantitative estimate of drug-likeness (QED) is 0.811. The van der Waals surface area contributed by atoms with Crippen molar-refractivity contribution < 1.29 is 14.6 Å². The van der Waals surface area contributed by atoms with E-state index in [1.807, 2.05) is 6.07 Å². The van der Waals surface area contributed by atoms with Crippen LogP contribution >= 0.6 is 0 Å². The van der Waals surface area contributed by atoms with Crippen LogP contribution in [0.3, 0.4) is 0 Å². The number of anilines is 1. The zero-order valence-corrected chi connectivity index (χ0v) is 13.3. The lowest BCUT2D eigenvalue weighted by atomic mass is 9.90. The van der Waals surface area contributed by atoms with Gasteiger partial charge in [-0.2, -0.15) is 0 Å². The third-order valence-corrected chi connectivity index (χ3v) is 4.29. The highest BCUT2D eigenvalue weighted by atomic mass is 19.1. The number of rotatable bonds is 4. The topological polar surface area (TPSA) is 65.4 Å². The zero-order valence-electron chi connectivity index (χ0n) is 13.3. The normalized spacial score (nSPS) is 16.7. The highest BCUT2D eigenvalue weighted by Crippen LogP contribution is 2.37. The summed E-state index contributed by atoms with van der Waals surface area (Å²) in [4.78, 5) is 4.64. The SMILES string of the molecule is CC1(C)CNc2cc(Cc3ccc(F)cc3)c([C@@H](O)CO)nc21. The molecule has 0 amide bonds. The molecule has 0 saturated heterocycles. The van der Waals surface area contributed by atoms with Crippen LogP contribution in [-0.2, 0) is 11.8 Å². The van der Waals surface area contributed by atoms with Gasteiger partial charge in [0.2, 0.25) is 0 Å². The van der Waals surface area contributed by atoms with Crippen LogP contribution in [0.15, 0.2) is 30.3 Å². The molecule has 5 heteroatoms. The third kappa shape index (κ3) is 3.07. The van der Waals surface area contributed by atoms with Crippen LogP contribution in [0, 0.1) is 5.82 Å². The van der Waals surface area contributed by atoms with Gasteiger partial charge in [0, 0.05) is 12.0 Å². The second-order valence-corrected chi connectivity index (χ2v) is 6.67. The number of pyridine rings is 1. The van der Waals surface area contributed by atoms with Crippen LogP contribution in [0.5, 0.6) is 0 Å². The molecule has 2 heterocycles. The van der Waals surface area contributed by atoms with Crippen molar-refractivity contribution in [3.05, 3.63) is 58.7 Å². The fraction of sp³-hybridized carbons (Fsp3) is 0.389. The van der Waals surface area contributed by atoms with Gasteiger partial charge >= 0.3 is 0 Å². The van der Waals surface area contributed by atoms with Crippen molar-refractivity contribution in [2.24, 2.45) is 0 Å². The minimum absolute atomic E-state index is 0.117. The van der Waals surface area contributed by atoms with Crippen molar-refractivity contribution in [2.75, 3.05) is 18.5 Å². The van der Waals surface area contributed by atoms with Gasteiger partial charge in [-0.25, -0.2) is 4.39 Å². The van der Waals surface area contributed by atoms with Gasteiger partial charge in [0.25, 0.3) is 0 Å². The minimum atomic E-state index is -1.02. The Morgan fingerprint density at radius 3 is 2.65 bits per heavy atom. The summed E-state index contributed by atoms with van der Waals surface area (Å²) in [6, 6.07) is 8.25. The van der Waals surface area contributed by atoms with Crippen LogP contribution in [-0.4, -0.2) is 28.3 Å². The van der Waals surface area contributed by atoms with Gasteiger partial charge in [-0.1, -0.05) is 26.0 Å². The Bertz CT molecular complexity index is 714. The molecule has 3 rings (SSSR count). The Hall–Kier alpha value is -1.98. The van der Waals surface area contributed by atoms with E-state index in [0.717, 1.165) is 29.1 Å². The van der Waals surface area contributed by atoms with Crippen LogP contribution in [0.4, 0.5) is 10.1 Å². The Kier molecular flexibility index (Phi) is 4.08. The molecular formula is C18H21FN2O2. The van der Waals surface area contributed by atoms with E-state index < -0.39 is 6.10 Å². The molecule has 4 nitrogen and oxygen atoms in total. The first-order valence-corrected chi connectivity index (χ1v) is 7.72. The summed E-state index contributed by atoms with van der Waals surface area (Å²) in [5, 5.41) is 22.8. The van der Waals surface area contributed by atoms with E-state index in [2.05, 4.69) is 24.1 Å². The van der Waals surface area contributed by atoms with Gasteiger partial charge in [0.05, 0.1) is 23.7 Å². The predicted molar refractivity (Wildman–Crippen MR) is 87.0 cm³/mol. The number of hydrogen-bond acceptors (Lipinski definition) is 4. The lowest BCUT2D eigenvalue weighted by Crippen LogP contribution is -2.21. The number of aliphatic hydroxyl groups excluding tert-OH is 2. The van der Waals surface area contributed by atoms with E-state index in [1.165, 1.54) is 12.1 Å². The lowest BCUT2D eigenvalue weighted by Gasteiger charge is -2.20. The number of hydrogen-bond donors (Lipinski definition) is 3. The summed E-state index contributed by atoms with van der Waals surface area (Å²) >= 11 is 0. The molecule has 23 heavy (non-hydrogen) atoms. The van der Waals surface area contributed by atoms with Crippen LogP contribution in [0.2, 0.25) is 0 Å². The molecule has 0 spiro atoms. The molecule has 1 aromatic carbocycles. The second kappa shape index (κ2) is 5.91. The number of nitrogens with one attached hydrogen (secondary N) is 1. The van der Waals surface area contributed by atoms with Crippen molar-refractivity contribution in [3.63, 3.8) is 0 Å². The molecule has 1 aliphatic rings. The summed E-state index contributed by atoms with van der Waals surface area (Å²) in [6.45, 7) is 4.58. The molecule has 2 aromatic rings. The summed E-state index contributed by atoms with van der Waals surface area (Å²) in [7, 11) is 0. The summed E-state index contributed by atoms with van der Waals surface area (Å²) < 4.78 is 13.1. The minimum Gasteiger partial charge on any atom is -0.393 e. The van der Waals surface area contributed by atoms with E-state index in [9.17, 15) is 14.6 Å². The zero-order chi connectivity index (χ0) is 16.6. The molecule has 0 aliphatic carbocycles. The van der Waals surface area contributed by atoms with Gasteiger partial charge in [0.1, 0.15) is 11.9 Å². The smallest absolute Gasteiger partial charge is 0.123 e. The number of nitrogens with zero attached hydrogens (tertiary/aromatic N) is 1. The lowest BCUT2D eigenvalue weighted by molar-refractivity contribution is 0.0913. The van der Waals surface area contributed by atoms with Crippen molar-refractivity contribution >= 4 is 5.69 Å². The maximum absolute atomic E-state index is 13.1. The van der Waals surface area contributed by atoms with E-state index in [-0.39, 0.29) is 17.8 Å². The van der Waals surface area contributed by atoms with Crippen molar-refractivity contribution in [3.8, 4) is 0 Å². The number of halogens is 1. The highest BCUT2D eigenvalue weighted by molar-refractivity contribution is 5.59. The molecule has 0 saturated carbocycles. The summed E-state index contributed by atoms with van der Waals surface area (Å²) in [5.41, 5.74) is 4.00. The molecule has 3 N–H and O–H groups in total. The number of benzene rings is 1. The van der Waals surface area contributed by atoms with Gasteiger partial charge in [-0.15, -0.1) is 0 Å². The van der Waals surface area contributed by atoms with E-state index >= 15 is 0 Å². The molecule has 0 fully saturated rings. The van der Waals surface area contributed by atoms with Crippen LogP contribution in [0.1, 0.15) is 42.5 Å². The Labute approximate surface area is 135 Å². The van der Waals surface area contributed by atoms with Gasteiger partial charge in [-0.3, -0.25) is 4.98 Å². The molecular weight excluding hydrogens is 295 g/mol. The Morgan fingerprint density at radius 2 is 2.00 bits per heavy atom. The average molecular weight is 316 g/mol. The largest absolute Gasteiger partial charge is 0.393 e.